The summed E-state index contributed by atoms with van der Waals surface area (Å²) >= 11 is 0. The largest absolute Gasteiger partial charge is 0.464 e. The molecule has 0 radical (unpaired) electrons. The maximum atomic E-state index is 12.1. The van der Waals surface area contributed by atoms with Gasteiger partial charge in [-0.2, -0.15) is 0 Å². The van der Waals surface area contributed by atoms with Crippen molar-refractivity contribution in [2.24, 2.45) is 22.1 Å². The fraction of sp³-hybridized carbons (Fsp3) is 0.400. The molecule has 0 heterocycles. The standard InChI is InChI=1S/C25H28N2O4/c1-17(25(15-22(25)18-13-14-18)20-10-5-4-6-11-20)26-31-16-19-9-7-8-12-21(19)23(27-30-3)24(28)29-2/h4-12,18,22H,13-16H2,1-3H3/b26-17-,27-23-. The van der Waals surface area contributed by atoms with E-state index in [-0.39, 0.29) is 17.7 Å². The fourth-order valence-corrected chi connectivity index (χ4v) is 4.59. The van der Waals surface area contributed by atoms with Crippen molar-refractivity contribution < 1.29 is 19.2 Å². The van der Waals surface area contributed by atoms with Crippen molar-refractivity contribution in [3.8, 4) is 0 Å². The average Bonchev–Trinajstić information content (AvgIpc) is 3.71. The van der Waals surface area contributed by atoms with Crippen molar-refractivity contribution >= 4 is 17.4 Å². The summed E-state index contributed by atoms with van der Waals surface area (Å²) in [7, 11) is 2.71. The van der Waals surface area contributed by atoms with Crippen LogP contribution in [0.25, 0.3) is 0 Å². The molecule has 0 spiro atoms. The summed E-state index contributed by atoms with van der Waals surface area (Å²) in [4.78, 5) is 22.8. The van der Waals surface area contributed by atoms with E-state index in [1.54, 1.807) is 6.07 Å². The highest BCUT2D eigenvalue weighted by Crippen LogP contribution is 2.64. The predicted octanol–water partition coefficient (Wildman–Crippen LogP) is 4.47. The Bertz CT molecular complexity index is 998. The van der Waals surface area contributed by atoms with Crippen LogP contribution in [0.5, 0.6) is 0 Å². The Morgan fingerprint density at radius 3 is 2.42 bits per heavy atom. The number of hydrogen-bond donors (Lipinski definition) is 0. The molecule has 2 saturated carbocycles. The van der Waals surface area contributed by atoms with Gasteiger partial charge in [-0.05, 0) is 43.6 Å². The maximum absolute atomic E-state index is 12.1. The lowest BCUT2D eigenvalue weighted by molar-refractivity contribution is -0.132. The topological polar surface area (TPSA) is 69.5 Å². The Morgan fingerprint density at radius 2 is 1.74 bits per heavy atom. The van der Waals surface area contributed by atoms with Crippen LogP contribution in [0.1, 0.15) is 42.9 Å². The van der Waals surface area contributed by atoms with Gasteiger partial charge in [0.25, 0.3) is 0 Å². The van der Waals surface area contributed by atoms with Crippen molar-refractivity contribution in [1.29, 1.82) is 0 Å². The molecule has 2 aliphatic carbocycles. The molecule has 0 N–H and O–H groups in total. The Hall–Kier alpha value is -3.15. The molecule has 2 unspecified atom stereocenters. The number of nitrogens with zero attached hydrogens (tertiary/aromatic N) is 2. The van der Waals surface area contributed by atoms with E-state index in [0.717, 1.165) is 23.6 Å². The number of methoxy groups -OCH3 is 1. The van der Waals surface area contributed by atoms with Gasteiger partial charge in [-0.1, -0.05) is 64.9 Å². The van der Waals surface area contributed by atoms with E-state index in [1.165, 1.54) is 32.6 Å². The Labute approximate surface area is 182 Å². The number of benzene rings is 2. The van der Waals surface area contributed by atoms with Gasteiger partial charge in [-0.25, -0.2) is 4.79 Å². The minimum absolute atomic E-state index is 0.0172. The monoisotopic (exact) mass is 420 g/mol. The number of ether oxygens (including phenoxy) is 1. The van der Waals surface area contributed by atoms with E-state index < -0.39 is 5.97 Å². The Kier molecular flexibility index (Phi) is 6.07. The zero-order chi connectivity index (χ0) is 21.8. The molecule has 2 aliphatic rings. The van der Waals surface area contributed by atoms with Gasteiger partial charge in [0.15, 0.2) is 5.71 Å². The van der Waals surface area contributed by atoms with E-state index in [2.05, 4.69) is 41.5 Å². The molecule has 4 rings (SSSR count). The first-order valence-electron chi connectivity index (χ1n) is 10.6. The van der Waals surface area contributed by atoms with Crippen LogP contribution in [0.3, 0.4) is 0 Å². The second-order valence-electron chi connectivity index (χ2n) is 8.21. The summed E-state index contributed by atoms with van der Waals surface area (Å²) < 4.78 is 4.84. The van der Waals surface area contributed by atoms with Crippen molar-refractivity contribution in [3.05, 3.63) is 71.3 Å². The van der Waals surface area contributed by atoms with Crippen molar-refractivity contribution in [2.45, 2.75) is 38.2 Å². The van der Waals surface area contributed by atoms with Gasteiger partial charge in [0.2, 0.25) is 0 Å². The molecule has 0 aliphatic heterocycles. The minimum Gasteiger partial charge on any atom is -0.464 e. The summed E-state index contributed by atoms with van der Waals surface area (Å²) in [6.07, 6.45) is 3.76. The third-order valence-electron chi connectivity index (χ3n) is 6.40. The second kappa shape index (κ2) is 8.92. The van der Waals surface area contributed by atoms with Crippen molar-refractivity contribution in [2.75, 3.05) is 14.2 Å². The zero-order valence-electron chi connectivity index (χ0n) is 18.2. The van der Waals surface area contributed by atoms with E-state index in [0.29, 0.717) is 11.5 Å². The van der Waals surface area contributed by atoms with Crippen molar-refractivity contribution in [1.82, 2.24) is 0 Å². The number of esters is 1. The lowest BCUT2D eigenvalue weighted by Crippen LogP contribution is -2.22. The smallest absolute Gasteiger partial charge is 0.360 e. The van der Waals surface area contributed by atoms with Gasteiger partial charge in [0.05, 0.1) is 12.8 Å². The summed E-state index contributed by atoms with van der Waals surface area (Å²) in [5, 5.41) is 8.38. The molecule has 0 bridgehead atoms. The van der Waals surface area contributed by atoms with Crippen LogP contribution in [0, 0.1) is 11.8 Å². The first kappa shape index (κ1) is 21.1. The Morgan fingerprint density at radius 1 is 1.03 bits per heavy atom. The second-order valence-corrected chi connectivity index (χ2v) is 8.21. The molecule has 6 heteroatoms. The van der Waals surface area contributed by atoms with Gasteiger partial charge in [0.1, 0.15) is 13.7 Å². The molecule has 2 aromatic rings. The first-order valence-corrected chi connectivity index (χ1v) is 10.6. The van der Waals surface area contributed by atoms with Gasteiger partial charge in [-0.15, -0.1) is 0 Å². The normalized spacial score (nSPS) is 23.3. The number of oxime groups is 2. The van der Waals surface area contributed by atoms with Crippen LogP contribution in [-0.4, -0.2) is 31.6 Å². The Balaban J connectivity index is 1.54. The molecule has 2 atom stereocenters. The summed E-state index contributed by atoms with van der Waals surface area (Å²) in [5.74, 6) is 0.885. The highest BCUT2D eigenvalue weighted by Gasteiger charge is 2.62. The summed E-state index contributed by atoms with van der Waals surface area (Å²) in [5.41, 5.74) is 3.79. The van der Waals surface area contributed by atoms with Gasteiger partial charge in [-0.3, -0.25) is 0 Å². The third kappa shape index (κ3) is 4.20. The number of carbonyl (C=O) groups is 1. The first-order chi connectivity index (χ1) is 15.1. The maximum Gasteiger partial charge on any atom is 0.360 e. The van der Waals surface area contributed by atoms with Crippen LogP contribution in [-0.2, 0) is 31.2 Å². The molecule has 0 saturated heterocycles. The van der Waals surface area contributed by atoms with Crippen LogP contribution >= 0.6 is 0 Å². The fourth-order valence-electron chi connectivity index (χ4n) is 4.59. The van der Waals surface area contributed by atoms with Crippen LogP contribution < -0.4 is 0 Å². The van der Waals surface area contributed by atoms with Crippen LogP contribution in [0.2, 0.25) is 0 Å². The van der Waals surface area contributed by atoms with Gasteiger partial charge in [0, 0.05) is 16.5 Å². The van der Waals surface area contributed by atoms with Gasteiger partial charge < -0.3 is 14.4 Å². The highest BCUT2D eigenvalue weighted by atomic mass is 16.6. The van der Waals surface area contributed by atoms with Crippen LogP contribution in [0.4, 0.5) is 0 Å². The average molecular weight is 421 g/mol. The number of rotatable bonds is 9. The number of hydrogen-bond acceptors (Lipinski definition) is 6. The van der Waals surface area contributed by atoms with E-state index in [9.17, 15) is 4.79 Å². The molecule has 2 fully saturated rings. The third-order valence-corrected chi connectivity index (χ3v) is 6.40. The molecular formula is C25H28N2O4. The SMILES string of the molecule is CO/N=C(\C(=O)OC)c1ccccc1CO/N=C(/C)C1(c2ccccc2)CC1C1CC1. The zero-order valence-corrected chi connectivity index (χ0v) is 18.2. The quantitative estimate of drug-likeness (QED) is 0.341. The summed E-state index contributed by atoms with van der Waals surface area (Å²) in [6, 6.07) is 18.0. The van der Waals surface area contributed by atoms with E-state index in [1.807, 2.05) is 24.3 Å². The minimum atomic E-state index is -0.567. The molecule has 31 heavy (non-hydrogen) atoms. The molecule has 162 valence electrons. The molecule has 0 aromatic heterocycles. The highest BCUT2D eigenvalue weighted by molar-refractivity contribution is 6.43. The molecule has 6 nitrogen and oxygen atoms in total. The lowest BCUT2D eigenvalue weighted by Gasteiger charge is -2.18. The summed E-state index contributed by atoms with van der Waals surface area (Å²) in [6.45, 7) is 2.28. The predicted molar refractivity (Wildman–Crippen MR) is 119 cm³/mol. The molecular weight excluding hydrogens is 392 g/mol. The van der Waals surface area contributed by atoms with E-state index >= 15 is 0 Å². The van der Waals surface area contributed by atoms with Crippen LogP contribution in [0.15, 0.2) is 64.9 Å². The molecule has 2 aromatic carbocycles. The van der Waals surface area contributed by atoms with Crippen molar-refractivity contribution in [3.63, 3.8) is 0 Å². The molecule has 0 amide bonds. The lowest BCUT2D eigenvalue weighted by atomic mass is 9.87. The van der Waals surface area contributed by atoms with E-state index in [4.69, 9.17) is 14.4 Å². The van der Waals surface area contributed by atoms with Gasteiger partial charge >= 0.3 is 5.97 Å². The number of carbonyl (C=O) groups excluding carboxylic acids is 1.